The van der Waals surface area contributed by atoms with Crippen LogP contribution in [-0.2, 0) is 6.42 Å². The predicted octanol–water partition coefficient (Wildman–Crippen LogP) is 1.68. The van der Waals surface area contributed by atoms with Gasteiger partial charge in [-0.1, -0.05) is 6.92 Å². The van der Waals surface area contributed by atoms with Gasteiger partial charge in [0.25, 0.3) is 0 Å². The van der Waals surface area contributed by atoms with Crippen LogP contribution in [0.25, 0.3) is 0 Å². The summed E-state index contributed by atoms with van der Waals surface area (Å²) in [6.07, 6.45) is 5.50. The number of aromatic nitrogens is 2. The summed E-state index contributed by atoms with van der Waals surface area (Å²) in [6.45, 7) is 3.34. The Hall–Kier alpha value is -1.36. The average molecular weight is 252 g/mol. The van der Waals surface area contributed by atoms with Gasteiger partial charge < -0.3 is 15.3 Å². The molecule has 1 rings (SSSR count). The van der Waals surface area contributed by atoms with Crippen molar-refractivity contribution in [1.29, 1.82) is 0 Å². The van der Waals surface area contributed by atoms with Crippen molar-refractivity contribution >= 4 is 11.6 Å². The Labute approximate surface area is 109 Å². The van der Waals surface area contributed by atoms with Crippen LogP contribution in [0.4, 0.5) is 11.6 Å². The summed E-state index contributed by atoms with van der Waals surface area (Å²) in [6, 6.07) is 0. The van der Waals surface area contributed by atoms with Gasteiger partial charge in [0.05, 0.1) is 0 Å². The molecule has 0 spiro atoms. The third-order valence-corrected chi connectivity index (χ3v) is 3.03. The van der Waals surface area contributed by atoms with Gasteiger partial charge in [-0.25, -0.2) is 9.97 Å². The summed E-state index contributed by atoms with van der Waals surface area (Å²) in [5, 5.41) is 11.9. The lowest BCUT2D eigenvalue weighted by molar-refractivity contribution is 0.283. The van der Waals surface area contributed by atoms with Crippen molar-refractivity contribution in [2.45, 2.75) is 32.6 Å². The SMILES string of the molecule is CCc1c(NC)ncnc1N(C)CCCCCO. The van der Waals surface area contributed by atoms with Crippen molar-refractivity contribution < 1.29 is 5.11 Å². The van der Waals surface area contributed by atoms with E-state index in [1.807, 2.05) is 7.05 Å². The molecule has 18 heavy (non-hydrogen) atoms. The molecule has 1 heterocycles. The molecule has 0 bridgehead atoms. The first-order chi connectivity index (χ1) is 8.74. The molecule has 0 atom stereocenters. The molecule has 0 aliphatic heterocycles. The van der Waals surface area contributed by atoms with E-state index in [9.17, 15) is 0 Å². The second kappa shape index (κ2) is 7.87. The van der Waals surface area contributed by atoms with Gasteiger partial charge in [-0.05, 0) is 25.7 Å². The Morgan fingerprint density at radius 3 is 2.67 bits per heavy atom. The highest BCUT2D eigenvalue weighted by atomic mass is 16.2. The van der Waals surface area contributed by atoms with Gasteiger partial charge in [0.1, 0.15) is 18.0 Å². The van der Waals surface area contributed by atoms with Crippen LogP contribution >= 0.6 is 0 Å². The quantitative estimate of drug-likeness (QED) is 0.689. The maximum atomic E-state index is 8.76. The van der Waals surface area contributed by atoms with E-state index >= 15 is 0 Å². The van der Waals surface area contributed by atoms with Gasteiger partial charge in [0.2, 0.25) is 0 Å². The molecular weight excluding hydrogens is 228 g/mol. The lowest BCUT2D eigenvalue weighted by Gasteiger charge is -2.21. The topological polar surface area (TPSA) is 61.3 Å². The molecule has 5 nitrogen and oxygen atoms in total. The lowest BCUT2D eigenvalue weighted by atomic mass is 10.2. The van der Waals surface area contributed by atoms with Crippen LogP contribution in [0.1, 0.15) is 31.7 Å². The Kier molecular flexibility index (Phi) is 6.43. The molecule has 0 aliphatic carbocycles. The monoisotopic (exact) mass is 252 g/mol. The van der Waals surface area contributed by atoms with Crippen LogP contribution < -0.4 is 10.2 Å². The molecule has 102 valence electrons. The predicted molar refractivity (Wildman–Crippen MR) is 75.2 cm³/mol. The van der Waals surface area contributed by atoms with E-state index in [0.29, 0.717) is 0 Å². The normalized spacial score (nSPS) is 10.4. The first kappa shape index (κ1) is 14.7. The summed E-state index contributed by atoms with van der Waals surface area (Å²) in [4.78, 5) is 10.8. The van der Waals surface area contributed by atoms with Crippen LogP contribution in [0.2, 0.25) is 0 Å². The number of rotatable bonds is 8. The van der Waals surface area contributed by atoms with Gasteiger partial charge in [0.15, 0.2) is 0 Å². The zero-order valence-corrected chi connectivity index (χ0v) is 11.6. The van der Waals surface area contributed by atoms with Crippen LogP contribution in [-0.4, -0.2) is 42.3 Å². The molecular formula is C13H24N4O. The van der Waals surface area contributed by atoms with Crippen molar-refractivity contribution in [2.75, 3.05) is 37.5 Å². The third kappa shape index (κ3) is 3.84. The van der Waals surface area contributed by atoms with Gasteiger partial charge in [-0.3, -0.25) is 0 Å². The molecule has 1 aromatic rings. The minimum Gasteiger partial charge on any atom is -0.396 e. The standard InChI is InChI=1S/C13H24N4O/c1-4-11-12(14-2)15-10-16-13(11)17(3)8-6-5-7-9-18/h10,18H,4-9H2,1-3H3,(H,14,15,16). The van der Waals surface area contributed by atoms with Gasteiger partial charge in [-0.2, -0.15) is 0 Å². The van der Waals surface area contributed by atoms with E-state index in [1.165, 1.54) is 0 Å². The van der Waals surface area contributed by atoms with Crippen molar-refractivity contribution in [3.05, 3.63) is 11.9 Å². The van der Waals surface area contributed by atoms with Crippen molar-refractivity contribution in [1.82, 2.24) is 9.97 Å². The van der Waals surface area contributed by atoms with E-state index < -0.39 is 0 Å². The van der Waals surface area contributed by atoms with E-state index in [1.54, 1.807) is 6.33 Å². The highest BCUT2D eigenvalue weighted by molar-refractivity contribution is 5.58. The summed E-state index contributed by atoms with van der Waals surface area (Å²) in [5.74, 6) is 1.91. The first-order valence-electron chi connectivity index (χ1n) is 6.58. The van der Waals surface area contributed by atoms with Crippen molar-refractivity contribution in [2.24, 2.45) is 0 Å². The average Bonchev–Trinajstić information content (AvgIpc) is 2.42. The maximum absolute atomic E-state index is 8.76. The largest absolute Gasteiger partial charge is 0.396 e. The molecule has 0 fully saturated rings. The number of aliphatic hydroxyl groups excluding tert-OH is 1. The fourth-order valence-corrected chi connectivity index (χ4v) is 2.02. The van der Waals surface area contributed by atoms with E-state index in [4.69, 9.17) is 5.11 Å². The fraction of sp³-hybridized carbons (Fsp3) is 0.692. The smallest absolute Gasteiger partial charge is 0.137 e. The van der Waals surface area contributed by atoms with Crippen LogP contribution in [0.5, 0.6) is 0 Å². The Morgan fingerprint density at radius 1 is 1.28 bits per heavy atom. The second-order valence-corrected chi connectivity index (χ2v) is 4.33. The van der Waals surface area contributed by atoms with Gasteiger partial charge in [-0.15, -0.1) is 0 Å². The number of unbranched alkanes of at least 4 members (excludes halogenated alkanes) is 2. The van der Waals surface area contributed by atoms with Crippen LogP contribution in [0.15, 0.2) is 6.33 Å². The molecule has 0 unspecified atom stereocenters. The van der Waals surface area contributed by atoms with Crippen molar-refractivity contribution in [3.63, 3.8) is 0 Å². The Bertz CT molecular complexity index is 357. The Balaban J connectivity index is 2.69. The molecule has 0 aromatic carbocycles. The number of anilines is 2. The van der Waals surface area contributed by atoms with Gasteiger partial charge >= 0.3 is 0 Å². The molecule has 1 aromatic heterocycles. The molecule has 5 heteroatoms. The van der Waals surface area contributed by atoms with Crippen LogP contribution in [0, 0.1) is 0 Å². The van der Waals surface area contributed by atoms with Gasteiger partial charge in [0, 0.05) is 32.8 Å². The number of hydrogen-bond acceptors (Lipinski definition) is 5. The molecule has 0 amide bonds. The maximum Gasteiger partial charge on any atom is 0.137 e. The summed E-state index contributed by atoms with van der Waals surface area (Å²) >= 11 is 0. The highest BCUT2D eigenvalue weighted by Gasteiger charge is 2.12. The lowest BCUT2D eigenvalue weighted by Crippen LogP contribution is -2.22. The number of hydrogen-bond donors (Lipinski definition) is 2. The summed E-state index contributed by atoms with van der Waals surface area (Å²) in [7, 11) is 3.94. The van der Waals surface area contributed by atoms with Crippen LogP contribution in [0.3, 0.4) is 0 Å². The van der Waals surface area contributed by atoms with Crippen molar-refractivity contribution in [3.8, 4) is 0 Å². The minimum absolute atomic E-state index is 0.279. The summed E-state index contributed by atoms with van der Waals surface area (Å²) in [5.41, 5.74) is 1.16. The number of aliphatic hydroxyl groups is 1. The zero-order valence-electron chi connectivity index (χ0n) is 11.6. The second-order valence-electron chi connectivity index (χ2n) is 4.33. The van der Waals surface area contributed by atoms with E-state index in [2.05, 4.69) is 34.2 Å². The first-order valence-corrected chi connectivity index (χ1v) is 6.58. The van der Waals surface area contributed by atoms with E-state index in [-0.39, 0.29) is 6.61 Å². The highest BCUT2D eigenvalue weighted by Crippen LogP contribution is 2.22. The van der Waals surface area contributed by atoms with E-state index in [0.717, 1.165) is 49.4 Å². The Morgan fingerprint density at radius 2 is 2.06 bits per heavy atom. The fourth-order valence-electron chi connectivity index (χ4n) is 2.02. The zero-order chi connectivity index (χ0) is 13.4. The number of nitrogens with zero attached hydrogens (tertiary/aromatic N) is 3. The molecule has 0 aliphatic rings. The minimum atomic E-state index is 0.279. The number of nitrogens with one attached hydrogen (secondary N) is 1. The molecule has 0 saturated heterocycles. The third-order valence-electron chi connectivity index (χ3n) is 3.03. The molecule has 0 saturated carbocycles. The summed E-state index contributed by atoms with van der Waals surface area (Å²) < 4.78 is 0. The molecule has 0 radical (unpaired) electrons. The molecule has 2 N–H and O–H groups in total.